The van der Waals surface area contributed by atoms with Crippen LogP contribution in [0.5, 0.6) is 0 Å². The molecular formula is C55H64ClF4N6O11PS4. The van der Waals surface area contributed by atoms with Crippen molar-refractivity contribution in [3.63, 3.8) is 0 Å². The number of hydrogen-bond acceptors (Lipinski definition) is 12. The summed E-state index contributed by atoms with van der Waals surface area (Å²) in [5.74, 6) is -2.74. The number of nitrogens with one attached hydrogen (secondary N) is 1. The van der Waals surface area contributed by atoms with Crippen molar-refractivity contribution in [1.29, 1.82) is 0 Å². The molecule has 4 N–H and O–H groups in total. The van der Waals surface area contributed by atoms with Crippen LogP contribution in [-0.4, -0.2) is 124 Å². The van der Waals surface area contributed by atoms with Crippen molar-refractivity contribution in [2.24, 2.45) is 5.92 Å². The van der Waals surface area contributed by atoms with Crippen LogP contribution in [0.3, 0.4) is 0 Å². The van der Waals surface area contributed by atoms with Gasteiger partial charge in [-0.1, -0.05) is 41.9 Å². The van der Waals surface area contributed by atoms with Crippen molar-refractivity contribution in [3.8, 4) is 22.4 Å². The van der Waals surface area contributed by atoms with Crippen LogP contribution in [0.4, 0.5) is 40.3 Å². The number of hydrogen-bond donors (Lipinski definition) is 4. The Labute approximate surface area is 484 Å². The van der Waals surface area contributed by atoms with Crippen molar-refractivity contribution in [3.05, 3.63) is 136 Å². The second-order valence-corrected chi connectivity index (χ2v) is 29.8. The third-order valence-corrected chi connectivity index (χ3v) is 21.6. The van der Waals surface area contributed by atoms with Crippen LogP contribution in [0.2, 0.25) is 5.02 Å². The lowest BCUT2D eigenvalue weighted by Gasteiger charge is -2.49. The number of anilines is 4. The van der Waals surface area contributed by atoms with Crippen LogP contribution in [0.15, 0.2) is 119 Å². The van der Waals surface area contributed by atoms with Crippen molar-refractivity contribution >= 4 is 89.1 Å². The molecule has 5 unspecified atom stereocenters. The van der Waals surface area contributed by atoms with Gasteiger partial charge in [0, 0.05) is 84.0 Å². The van der Waals surface area contributed by atoms with Crippen LogP contribution in [-0.2, 0) is 39.2 Å². The van der Waals surface area contributed by atoms with E-state index in [-0.39, 0.29) is 58.7 Å². The number of aliphatic carboxylic acids is 1. The third kappa shape index (κ3) is 13.7. The summed E-state index contributed by atoms with van der Waals surface area (Å²) in [5, 5.41) is 11.7. The molecule has 5 atom stereocenters. The van der Waals surface area contributed by atoms with Crippen LogP contribution >= 0.6 is 30.5 Å². The van der Waals surface area contributed by atoms with E-state index in [4.69, 9.17) is 11.6 Å². The number of piperidine rings is 1. The van der Waals surface area contributed by atoms with Crippen molar-refractivity contribution in [2.45, 2.75) is 93.2 Å². The number of para-hydroxylation sites is 1. The molecule has 0 spiro atoms. The lowest BCUT2D eigenvalue weighted by molar-refractivity contribution is -0.144. The van der Waals surface area contributed by atoms with Gasteiger partial charge in [0.05, 0.1) is 34.3 Å². The maximum Gasteiger partial charge on any atom is 0.516 e. The fourth-order valence-corrected chi connectivity index (χ4v) is 16.7. The molecule has 2 aromatic heterocycles. The van der Waals surface area contributed by atoms with E-state index in [9.17, 15) is 49.5 Å². The first-order chi connectivity index (χ1) is 38.4. The highest BCUT2D eigenvalue weighted by atomic mass is 35.5. The number of thiophene rings is 1. The number of piperazine rings is 1. The molecule has 4 heterocycles. The van der Waals surface area contributed by atoms with Gasteiger partial charge in [0.15, 0.2) is 9.84 Å². The minimum atomic E-state index is -6.44. The molecule has 0 radical (unpaired) electrons. The summed E-state index contributed by atoms with van der Waals surface area (Å²) in [6, 6.07) is 20.7. The van der Waals surface area contributed by atoms with Crippen LogP contribution in [0.1, 0.15) is 69.8 Å². The van der Waals surface area contributed by atoms with E-state index < -0.39 is 95.9 Å². The number of carbonyl (C=O) groups is 1. The Kier molecular flexibility index (Phi) is 18.8. The lowest BCUT2D eigenvalue weighted by atomic mass is 9.85. The van der Waals surface area contributed by atoms with Crippen LogP contribution in [0, 0.1) is 18.7 Å². The number of nitrogens with zero attached hydrogens (tertiary/aromatic N) is 5. The SMILES string of the molecule is Cc1c(S(C)(=O)=O)c(-c2cc(F)cc(N3CCN(c4ccc(NS(=O)(=O)C(C)C(C(c5ccsc5)N5CCC(C(=O)O)CC5CCCP(=O)(O)O)N(c5ccccc5)S(=O)(=O)C(F)(F)F)cc4)CC3)c2)c(-c2ccc(Cl)cc2)n1C(C)C. The molecule has 0 aliphatic carbocycles. The molecule has 6 aromatic rings. The number of rotatable bonds is 21. The first-order valence-corrected chi connectivity index (χ1v) is 34.2. The summed E-state index contributed by atoms with van der Waals surface area (Å²) >= 11 is 7.37. The summed E-state index contributed by atoms with van der Waals surface area (Å²) in [4.78, 5) is 37.5. The Hall–Kier alpha value is -5.50. The molecule has 444 valence electrons. The number of sulfonamides is 2. The average Bonchev–Trinajstić information content (AvgIpc) is 3.93. The van der Waals surface area contributed by atoms with Gasteiger partial charge in [-0.05, 0) is 160 Å². The summed E-state index contributed by atoms with van der Waals surface area (Å²) in [6.45, 7) is 8.11. The number of alkyl halides is 3. The molecule has 17 nitrogen and oxygen atoms in total. The van der Waals surface area contributed by atoms with Gasteiger partial charge >= 0.3 is 29.1 Å². The molecule has 2 aliphatic heterocycles. The summed E-state index contributed by atoms with van der Waals surface area (Å²) in [6.07, 6.45) is 0.120. The fraction of sp³-hybridized carbons (Fsp3) is 0.400. The first kappa shape index (κ1) is 62.5. The molecule has 8 rings (SSSR count). The number of aromatic nitrogens is 1. The molecule has 2 saturated heterocycles. The van der Waals surface area contributed by atoms with E-state index in [0.29, 0.717) is 70.7 Å². The third-order valence-electron chi connectivity index (χ3n) is 15.2. The molecule has 2 aliphatic rings. The second-order valence-electron chi connectivity index (χ2n) is 21.0. The average molecular weight is 1260 g/mol. The van der Waals surface area contributed by atoms with E-state index in [1.165, 1.54) is 48.5 Å². The molecular weight excluding hydrogens is 1190 g/mol. The minimum absolute atomic E-state index is 0.0112. The van der Waals surface area contributed by atoms with E-state index in [0.717, 1.165) is 36.6 Å². The Morgan fingerprint density at radius 2 is 1.48 bits per heavy atom. The monoisotopic (exact) mass is 1250 g/mol. The van der Waals surface area contributed by atoms with Gasteiger partial charge in [-0.25, -0.2) is 21.2 Å². The van der Waals surface area contributed by atoms with Gasteiger partial charge in [-0.15, -0.1) is 0 Å². The Morgan fingerprint density at radius 1 is 0.854 bits per heavy atom. The van der Waals surface area contributed by atoms with Gasteiger partial charge in [0.1, 0.15) is 11.1 Å². The summed E-state index contributed by atoms with van der Waals surface area (Å²) < 4.78 is 163. The molecule has 82 heavy (non-hydrogen) atoms. The maximum atomic E-state index is 15.9. The van der Waals surface area contributed by atoms with Crippen molar-refractivity contribution in [2.75, 3.05) is 64.0 Å². The normalized spacial score (nSPS) is 18.1. The van der Waals surface area contributed by atoms with E-state index >= 15 is 17.6 Å². The predicted octanol–water partition coefficient (Wildman–Crippen LogP) is 11.0. The smallest absolute Gasteiger partial charge is 0.481 e. The molecule has 0 bridgehead atoms. The predicted molar refractivity (Wildman–Crippen MR) is 313 cm³/mol. The Balaban J connectivity index is 1.09. The van der Waals surface area contributed by atoms with Gasteiger partial charge in [0.2, 0.25) is 10.0 Å². The molecule has 27 heteroatoms. The zero-order valence-electron chi connectivity index (χ0n) is 45.3. The van der Waals surface area contributed by atoms with E-state index in [2.05, 4.69) is 4.72 Å². The van der Waals surface area contributed by atoms with E-state index in [1.807, 2.05) is 28.2 Å². The second kappa shape index (κ2) is 24.6. The topological polar surface area (TPSA) is 227 Å². The standard InChI is InChI=1S/C55H64ClF4N6O11PS4/c1-35(2)65-36(3)53(80(5,72)73)49(51(65)38-13-15-42(56)16-14-38)41-30-43(57)33-48(32-41)63-26-24-62(25-27-63)45-19-17-44(18-20-45)61-81(74,75)37(4)50(66(46-10-7-6-8-11-46)82(76,77)55(58,59)60)52(40-22-29-79-34-40)64-23-21-39(54(67)68)31-47(64)12-9-28-78(69,70)71/h6-8,10-11,13-20,22,29-30,32-35,37,39,47,50,52,61H,9,12,21,23-28,31H2,1-5H3,(H,67,68)(H2,69,70,71). The molecule has 0 saturated carbocycles. The molecule has 0 amide bonds. The largest absolute Gasteiger partial charge is 0.516 e. The van der Waals surface area contributed by atoms with Crippen LogP contribution in [0.25, 0.3) is 22.4 Å². The van der Waals surface area contributed by atoms with E-state index in [1.54, 1.807) is 65.0 Å². The first-order valence-electron chi connectivity index (χ1n) is 26.2. The number of likely N-dealkylation sites (tertiary alicyclic amines) is 1. The number of sulfone groups is 1. The Morgan fingerprint density at radius 3 is 2.02 bits per heavy atom. The summed E-state index contributed by atoms with van der Waals surface area (Å²) in [7, 11) is -19.8. The number of halogens is 5. The van der Waals surface area contributed by atoms with Gasteiger partial charge < -0.3 is 29.3 Å². The van der Waals surface area contributed by atoms with Gasteiger partial charge in [0.25, 0.3) is 0 Å². The Bertz CT molecular complexity index is 3640. The molecule has 2 fully saturated rings. The van der Waals surface area contributed by atoms with Gasteiger partial charge in [-0.3, -0.25) is 23.3 Å². The number of carboxylic acids is 1. The van der Waals surface area contributed by atoms with Gasteiger partial charge in [-0.2, -0.15) is 32.9 Å². The number of carboxylic acid groups (broad SMARTS) is 1. The van der Waals surface area contributed by atoms with Crippen molar-refractivity contribution < 1.29 is 67.1 Å². The maximum absolute atomic E-state index is 15.9. The lowest BCUT2D eigenvalue weighted by Crippen LogP contribution is -2.61. The fourth-order valence-electron chi connectivity index (χ4n) is 11.5. The summed E-state index contributed by atoms with van der Waals surface area (Å²) in [5.41, 5.74) is -2.57. The number of benzene rings is 4. The minimum Gasteiger partial charge on any atom is -0.481 e. The highest BCUT2D eigenvalue weighted by Gasteiger charge is 2.57. The highest BCUT2D eigenvalue weighted by molar-refractivity contribution is 7.94. The zero-order valence-corrected chi connectivity index (χ0v) is 50.2. The quantitative estimate of drug-likeness (QED) is 0.0388. The highest BCUT2D eigenvalue weighted by Crippen LogP contribution is 2.47. The van der Waals surface area contributed by atoms with Crippen molar-refractivity contribution in [1.82, 2.24) is 9.47 Å². The zero-order chi connectivity index (χ0) is 59.9. The van der Waals surface area contributed by atoms with Crippen LogP contribution < -0.4 is 18.8 Å². The molecule has 4 aromatic carbocycles.